The van der Waals surface area contributed by atoms with Crippen LogP contribution >= 0.6 is 11.6 Å². The molecule has 2 amide bonds. The first kappa shape index (κ1) is 33.5. The van der Waals surface area contributed by atoms with Crippen LogP contribution in [0.5, 0.6) is 0 Å². The summed E-state index contributed by atoms with van der Waals surface area (Å²) in [5, 5.41) is 18.3. The number of anilines is 2. The van der Waals surface area contributed by atoms with Crippen molar-refractivity contribution in [1.29, 1.82) is 0 Å². The van der Waals surface area contributed by atoms with E-state index >= 15 is 0 Å². The van der Waals surface area contributed by atoms with Gasteiger partial charge in [0.2, 0.25) is 0 Å². The maximum atomic E-state index is 14.5. The summed E-state index contributed by atoms with van der Waals surface area (Å²) in [5.41, 5.74) is 5.82. The molecule has 0 saturated carbocycles. The van der Waals surface area contributed by atoms with Crippen LogP contribution < -0.4 is 10.6 Å². The Balaban J connectivity index is 1.32. The van der Waals surface area contributed by atoms with E-state index in [-0.39, 0.29) is 22.5 Å². The fourth-order valence-corrected chi connectivity index (χ4v) is 6.83. The molecule has 0 atom stereocenters. The number of amides is 2. The van der Waals surface area contributed by atoms with Crippen molar-refractivity contribution < 1.29 is 9.59 Å². The van der Waals surface area contributed by atoms with E-state index in [2.05, 4.69) is 27.5 Å². The highest BCUT2D eigenvalue weighted by atomic mass is 35.5. The van der Waals surface area contributed by atoms with Crippen LogP contribution in [0.1, 0.15) is 44.6 Å². The molecule has 0 radical (unpaired) electrons. The van der Waals surface area contributed by atoms with E-state index in [1.807, 2.05) is 110 Å². The maximum absolute atomic E-state index is 14.5. The number of nitrogens with zero attached hydrogens (tertiary/aromatic N) is 6. The van der Waals surface area contributed by atoms with Crippen LogP contribution in [0.2, 0.25) is 5.02 Å². The van der Waals surface area contributed by atoms with Gasteiger partial charge in [0.25, 0.3) is 11.8 Å². The molecular weight excluding hydrogens is 684 g/mol. The van der Waals surface area contributed by atoms with Gasteiger partial charge < -0.3 is 10.6 Å². The van der Waals surface area contributed by atoms with Crippen LogP contribution in [-0.4, -0.2) is 41.3 Å². The lowest BCUT2D eigenvalue weighted by Crippen LogP contribution is -2.17. The average Bonchev–Trinajstić information content (AvgIpc) is 3.70. The summed E-state index contributed by atoms with van der Waals surface area (Å²) in [6, 6.07) is 37.8. The van der Waals surface area contributed by atoms with Crippen molar-refractivity contribution in [1.82, 2.24) is 29.5 Å². The lowest BCUT2D eigenvalue weighted by atomic mass is 10.0. The predicted molar refractivity (Wildman–Crippen MR) is 209 cm³/mol. The third-order valence-corrected chi connectivity index (χ3v) is 9.59. The first-order chi connectivity index (χ1) is 25.8. The van der Waals surface area contributed by atoms with E-state index in [1.165, 1.54) is 0 Å². The molecule has 4 heterocycles. The van der Waals surface area contributed by atoms with Crippen molar-refractivity contribution in [2.24, 2.45) is 0 Å². The number of aromatic nitrogens is 6. The topological polar surface area (TPSA) is 120 Å². The minimum Gasteiger partial charge on any atom is -0.306 e. The third kappa shape index (κ3) is 6.19. The molecule has 8 aromatic rings. The van der Waals surface area contributed by atoms with Gasteiger partial charge >= 0.3 is 0 Å². The van der Waals surface area contributed by atoms with Crippen LogP contribution in [0.3, 0.4) is 0 Å². The van der Waals surface area contributed by atoms with Crippen molar-refractivity contribution in [2.45, 2.75) is 27.2 Å². The van der Waals surface area contributed by atoms with Crippen molar-refractivity contribution in [3.63, 3.8) is 0 Å². The highest BCUT2D eigenvalue weighted by Crippen LogP contribution is 2.35. The Morgan fingerprint density at radius 1 is 0.585 bits per heavy atom. The number of aryl methyl sites for hydroxylation is 1. The summed E-state index contributed by atoms with van der Waals surface area (Å²) in [6.07, 6.45) is 0.736. The Labute approximate surface area is 310 Å². The number of fused-ring (bicyclic) bond motifs is 2. The lowest BCUT2D eigenvalue weighted by molar-refractivity contribution is 0.101. The van der Waals surface area contributed by atoms with E-state index in [0.717, 1.165) is 39.5 Å². The molecule has 8 rings (SSSR count). The molecule has 0 aliphatic rings. The van der Waals surface area contributed by atoms with Gasteiger partial charge in [-0.15, -0.1) is 0 Å². The Hall–Kier alpha value is -6.65. The largest absolute Gasteiger partial charge is 0.306 e. The number of halogens is 1. The van der Waals surface area contributed by atoms with Gasteiger partial charge in [-0.25, -0.2) is 19.3 Å². The second kappa shape index (κ2) is 13.8. The molecule has 11 heteroatoms. The first-order valence-corrected chi connectivity index (χ1v) is 17.6. The Morgan fingerprint density at radius 3 is 1.57 bits per heavy atom. The minimum absolute atomic E-state index is 0.202. The van der Waals surface area contributed by atoms with Crippen LogP contribution in [-0.2, 0) is 6.42 Å². The van der Waals surface area contributed by atoms with Gasteiger partial charge in [0, 0.05) is 10.8 Å². The number of para-hydroxylation sites is 4. The summed E-state index contributed by atoms with van der Waals surface area (Å²) in [6.45, 7) is 5.69. The Kier molecular flexibility index (Phi) is 8.73. The Morgan fingerprint density at radius 2 is 1.04 bits per heavy atom. The van der Waals surface area contributed by atoms with Gasteiger partial charge in [0.1, 0.15) is 23.0 Å². The van der Waals surface area contributed by atoms with Gasteiger partial charge in [-0.1, -0.05) is 85.3 Å². The standard InChI is InChI=1S/C42H33ClN8O2/c1-4-27-13-7-11-19-33(27)50-25(2)37(41(52)46-35-23-21-28-14-5-9-17-31(28)44-35)39(48-50)40-38(26(3)51(49-40)34-20-12-8-16-30(34)43)42(53)47-36-24-22-29-15-6-10-18-32(29)45-36/h5-24H,4H2,1-3H3,(H,44,46,52)(H,45,47,53). The fraction of sp³-hybridized carbons (Fsp3) is 0.0952. The van der Waals surface area contributed by atoms with Gasteiger partial charge in [-0.3, -0.25) is 9.59 Å². The molecule has 53 heavy (non-hydrogen) atoms. The highest BCUT2D eigenvalue weighted by Gasteiger charge is 2.32. The second-order valence-electron chi connectivity index (χ2n) is 12.6. The number of rotatable bonds is 8. The number of pyridine rings is 2. The van der Waals surface area contributed by atoms with Crippen molar-refractivity contribution in [3.05, 3.63) is 154 Å². The van der Waals surface area contributed by atoms with Crippen LogP contribution in [0, 0.1) is 13.8 Å². The third-order valence-electron chi connectivity index (χ3n) is 9.27. The van der Waals surface area contributed by atoms with Gasteiger partial charge in [0.15, 0.2) is 0 Å². The molecule has 0 fully saturated rings. The van der Waals surface area contributed by atoms with Gasteiger partial charge in [-0.05, 0) is 80.4 Å². The zero-order valence-electron chi connectivity index (χ0n) is 29.1. The van der Waals surface area contributed by atoms with Crippen LogP contribution in [0.4, 0.5) is 11.6 Å². The number of hydrogen-bond acceptors (Lipinski definition) is 6. The molecule has 260 valence electrons. The maximum Gasteiger partial charge on any atom is 0.261 e. The molecule has 0 unspecified atom stereocenters. The fourth-order valence-electron chi connectivity index (χ4n) is 6.62. The summed E-state index contributed by atoms with van der Waals surface area (Å²) < 4.78 is 3.36. The molecule has 0 bridgehead atoms. The summed E-state index contributed by atoms with van der Waals surface area (Å²) in [5.74, 6) is -0.183. The molecular formula is C42H33ClN8O2. The van der Waals surface area contributed by atoms with Gasteiger partial charge in [0.05, 0.1) is 49.9 Å². The van der Waals surface area contributed by atoms with Crippen LogP contribution in [0.25, 0.3) is 44.6 Å². The molecule has 0 saturated heterocycles. The smallest absolute Gasteiger partial charge is 0.261 e. The molecule has 0 aliphatic carbocycles. The van der Waals surface area contributed by atoms with Crippen LogP contribution in [0.15, 0.2) is 121 Å². The molecule has 10 nitrogen and oxygen atoms in total. The van der Waals surface area contributed by atoms with E-state index < -0.39 is 11.8 Å². The first-order valence-electron chi connectivity index (χ1n) is 17.2. The monoisotopic (exact) mass is 716 g/mol. The second-order valence-corrected chi connectivity index (χ2v) is 13.0. The van der Waals surface area contributed by atoms with Crippen molar-refractivity contribution in [2.75, 3.05) is 10.6 Å². The van der Waals surface area contributed by atoms with E-state index in [1.54, 1.807) is 34.5 Å². The van der Waals surface area contributed by atoms with E-state index in [0.29, 0.717) is 33.7 Å². The summed E-state index contributed by atoms with van der Waals surface area (Å²) in [4.78, 5) is 38.3. The Bertz CT molecular complexity index is 2710. The minimum atomic E-state index is -0.470. The molecule has 0 spiro atoms. The predicted octanol–water partition coefficient (Wildman–Crippen LogP) is 9.16. The SMILES string of the molecule is CCc1ccccc1-n1nc(-c2nn(-c3ccccc3Cl)c(C)c2C(=O)Nc2ccc3ccccc3n2)c(C(=O)Nc2ccc3ccccc3n2)c1C. The molecule has 2 N–H and O–H groups in total. The lowest BCUT2D eigenvalue weighted by Gasteiger charge is -2.10. The van der Waals surface area contributed by atoms with Gasteiger partial charge in [-0.2, -0.15) is 10.2 Å². The highest BCUT2D eigenvalue weighted by molar-refractivity contribution is 6.32. The zero-order chi connectivity index (χ0) is 36.6. The zero-order valence-corrected chi connectivity index (χ0v) is 29.9. The van der Waals surface area contributed by atoms with Crippen molar-refractivity contribution >= 4 is 56.9 Å². The average molecular weight is 717 g/mol. The number of nitrogens with one attached hydrogen (secondary N) is 2. The number of carbonyl (C=O) groups excluding carboxylic acids is 2. The number of benzene rings is 4. The normalized spacial score (nSPS) is 11.2. The number of hydrogen-bond donors (Lipinski definition) is 2. The van der Waals surface area contributed by atoms with E-state index in [4.69, 9.17) is 21.8 Å². The van der Waals surface area contributed by atoms with E-state index in [9.17, 15) is 9.59 Å². The molecule has 4 aromatic carbocycles. The molecule has 0 aliphatic heterocycles. The quantitative estimate of drug-likeness (QED) is 0.162. The summed E-state index contributed by atoms with van der Waals surface area (Å²) in [7, 11) is 0. The number of carbonyl (C=O) groups is 2. The van der Waals surface area contributed by atoms with Crippen molar-refractivity contribution in [3.8, 4) is 22.8 Å². The summed E-state index contributed by atoms with van der Waals surface area (Å²) >= 11 is 6.70. The molecule has 4 aromatic heterocycles.